The summed E-state index contributed by atoms with van der Waals surface area (Å²) in [5, 5.41) is 7.11. The summed E-state index contributed by atoms with van der Waals surface area (Å²) in [7, 11) is -3.85. The van der Waals surface area contributed by atoms with E-state index >= 15 is 0 Å². The van der Waals surface area contributed by atoms with E-state index in [1.165, 1.54) is 13.2 Å². The van der Waals surface area contributed by atoms with Gasteiger partial charge in [-0.15, -0.1) is 0 Å². The Kier molecular flexibility index (Phi) is 4.94. The van der Waals surface area contributed by atoms with Gasteiger partial charge in [-0.2, -0.15) is 17.9 Å². The number of hydrogen-bond acceptors (Lipinski definition) is 5. The third-order valence-corrected chi connectivity index (χ3v) is 6.28. The number of anilines is 1. The van der Waals surface area contributed by atoms with Crippen molar-refractivity contribution in [3.8, 4) is 0 Å². The molecular formula is C21H19N3O4S. The van der Waals surface area contributed by atoms with Gasteiger partial charge >= 0.3 is 0 Å². The molecule has 29 heavy (non-hydrogen) atoms. The normalized spacial score (nSPS) is 16.5. The van der Waals surface area contributed by atoms with Crippen molar-refractivity contribution in [2.24, 2.45) is 5.10 Å². The highest BCUT2D eigenvalue weighted by Gasteiger charge is 2.38. The highest BCUT2D eigenvalue weighted by molar-refractivity contribution is 7.89. The second kappa shape index (κ2) is 7.56. The van der Waals surface area contributed by atoms with E-state index in [0.717, 1.165) is 9.98 Å². The summed E-state index contributed by atoms with van der Waals surface area (Å²) in [4.78, 5) is 11.4. The van der Waals surface area contributed by atoms with Gasteiger partial charge in [0.05, 0.1) is 17.2 Å². The van der Waals surface area contributed by atoms with Crippen LogP contribution in [-0.4, -0.2) is 24.5 Å². The molecule has 0 radical (unpaired) electrons. The van der Waals surface area contributed by atoms with Crippen molar-refractivity contribution in [2.75, 3.05) is 5.32 Å². The molecule has 1 N–H and O–H groups in total. The van der Waals surface area contributed by atoms with E-state index in [-0.39, 0.29) is 10.8 Å². The molecule has 1 amide bonds. The number of nitrogens with one attached hydrogen (secondary N) is 1. The fraction of sp³-hybridized carbons (Fsp3) is 0.143. The molecule has 0 aliphatic carbocycles. The lowest BCUT2D eigenvalue weighted by Gasteiger charge is -2.23. The molecule has 1 aromatic heterocycles. The van der Waals surface area contributed by atoms with E-state index in [1.54, 1.807) is 66.7 Å². The molecule has 1 unspecified atom stereocenters. The number of rotatable bonds is 5. The molecule has 0 saturated heterocycles. The molecule has 148 valence electrons. The fourth-order valence-corrected chi connectivity index (χ4v) is 4.70. The maximum atomic E-state index is 13.3. The summed E-state index contributed by atoms with van der Waals surface area (Å²) in [5.41, 5.74) is 1.97. The Bertz CT molecular complexity index is 1140. The number of furan rings is 1. The number of sulfonamides is 1. The minimum Gasteiger partial charge on any atom is -0.463 e. The van der Waals surface area contributed by atoms with Crippen LogP contribution in [0.5, 0.6) is 0 Å². The van der Waals surface area contributed by atoms with Gasteiger partial charge in [-0.25, -0.2) is 0 Å². The van der Waals surface area contributed by atoms with Gasteiger partial charge in [-0.1, -0.05) is 30.3 Å². The zero-order chi connectivity index (χ0) is 20.4. The molecule has 0 bridgehead atoms. The maximum Gasteiger partial charge on any atom is 0.279 e. The van der Waals surface area contributed by atoms with Gasteiger partial charge in [-0.05, 0) is 42.0 Å². The van der Waals surface area contributed by atoms with Crippen molar-refractivity contribution in [1.82, 2.24) is 4.41 Å². The fourth-order valence-electron chi connectivity index (χ4n) is 3.24. The summed E-state index contributed by atoms with van der Waals surface area (Å²) in [5.74, 6) is 0.367. The van der Waals surface area contributed by atoms with Crippen LogP contribution < -0.4 is 5.32 Å². The number of hydrazone groups is 1. The molecule has 4 rings (SSSR count). The first kappa shape index (κ1) is 18.9. The molecule has 2 aromatic carbocycles. The molecule has 1 aliphatic heterocycles. The first-order valence-corrected chi connectivity index (χ1v) is 10.5. The molecule has 3 aromatic rings. The summed E-state index contributed by atoms with van der Waals surface area (Å²) < 4.78 is 33.1. The van der Waals surface area contributed by atoms with E-state index < -0.39 is 16.1 Å². The molecule has 0 fully saturated rings. The predicted octanol–water partition coefficient (Wildman–Crippen LogP) is 3.78. The van der Waals surface area contributed by atoms with Crippen LogP contribution in [0.1, 0.15) is 30.7 Å². The highest BCUT2D eigenvalue weighted by atomic mass is 32.2. The minimum atomic E-state index is -3.85. The SMILES string of the molecule is CC(=O)Nc1ccc(C2CC(c3ccco3)=NN2S(=O)(=O)c2ccccc2)cc1. The van der Waals surface area contributed by atoms with E-state index in [1.807, 2.05) is 0 Å². The third kappa shape index (κ3) is 3.79. The van der Waals surface area contributed by atoms with Crippen LogP contribution in [0.15, 0.2) is 87.4 Å². The van der Waals surface area contributed by atoms with Gasteiger partial charge in [0.1, 0.15) is 11.5 Å². The zero-order valence-corrected chi connectivity index (χ0v) is 16.5. The average molecular weight is 409 g/mol. The molecule has 7 nitrogen and oxygen atoms in total. The van der Waals surface area contributed by atoms with Crippen molar-refractivity contribution >= 4 is 27.3 Å². The van der Waals surface area contributed by atoms with Crippen LogP contribution in [0.4, 0.5) is 5.69 Å². The molecule has 1 aliphatic rings. The van der Waals surface area contributed by atoms with Crippen LogP contribution in [0.3, 0.4) is 0 Å². The van der Waals surface area contributed by atoms with Crippen LogP contribution in [-0.2, 0) is 14.8 Å². The molecular weight excluding hydrogens is 390 g/mol. The van der Waals surface area contributed by atoms with E-state index in [2.05, 4.69) is 10.4 Å². The molecule has 1 atom stereocenters. The topological polar surface area (TPSA) is 92.0 Å². The summed E-state index contributed by atoms with van der Waals surface area (Å²) in [6, 6.07) is 18.3. The quantitative estimate of drug-likeness (QED) is 0.694. The van der Waals surface area contributed by atoms with Crippen molar-refractivity contribution in [2.45, 2.75) is 24.3 Å². The van der Waals surface area contributed by atoms with Gasteiger partial charge in [0, 0.05) is 19.0 Å². The smallest absolute Gasteiger partial charge is 0.279 e. The number of hydrogen-bond donors (Lipinski definition) is 1. The number of benzene rings is 2. The van der Waals surface area contributed by atoms with E-state index in [0.29, 0.717) is 23.6 Å². The molecule has 0 spiro atoms. The Balaban J connectivity index is 1.73. The van der Waals surface area contributed by atoms with Gasteiger partial charge in [0.25, 0.3) is 10.0 Å². The Morgan fingerprint density at radius 3 is 2.41 bits per heavy atom. The molecule has 2 heterocycles. The number of nitrogens with zero attached hydrogens (tertiary/aromatic N) is 2. The predicted molar refractivity (Wildman–Crippen MR) is 109 cm³/mol. The summed E-state index contributed by atoms with van der Waals surface area (Å²) in [6.07, 6.45) is 1.91. The third-order valence-electron chi connectivity index (χ3n) is 4.58. The minimum absolute atomic E-state index is 0.171. The Morgan fingerprint density at radius 1 is 1.07 bits per heavy atom. The standard InChI is InChI=1S/C21H19N3O4S/c1-15(25)22-17-11-9-16(10-12-17)20-14-19(21-8-5-13-28-21)23-24(20)29(26,27)18-6-3-2-4-7-18/h2-13,20H,14H2,1H3,(H,22,25). The number of carbonyl (C=O) groups is 1. The number of amides is 1. The second-order valence-electron chi connectivity index (χ2n) is 6.64. The Labute approximate surface area is 168 Å². The Hall–Kier alpha value is -3.39. The van der Waals surface area contributed by atoms with Crippen LogP contribution in [0, 0.1) is 0 Å². The molecule has 8 heteroatoms. The summed E-state index contributed by atoms with van der Waals surface area (Å²) in [6.45, 7) is 1.43. The van der Waals surface area contributed by atoms with Gasteiger partial charge in [0.2, 0.25) is 5.91 Å². The lowest BCUT2D eigenvalue weighted by atomic mass is 10.0. The largest absolute Gasteiger partial charge is 0.463 e. The van der Waals surface area contributed by atoms with Gasteiger partial charge < -0.3 is 9.73 Å². The first-order chi connectivity index (χ1) is 13.9. The monoisotopic (exact) mass is 409 g/mol. The second-order valence-corrected chi connectivity index (χ2v) is 8.43. The van der Waals surface area contributed by atoms with E-state index in [4.69, 9.17) is 4.42 Å². The van der Waals surface area contributed by atoms with E-state index in [9.17, 15) is 13.2 Å². The zero-order valence-electron chi connectivity index (χ0n) is 15.6. The van der Waals surface area contributed by atoms with Crippen molar-refractivity contribution in [1.29, 1.82) is 0 Å². The van der Waals surface area contributed by atoms with Crippen LogP contribution in [0.25, 0.3) is 0 Å². The molecule has 0 saturated carbocycles. The highest BCUT2D eigenvalue weighted by Crippen LogP contribution is 2.37. The maximum absolute atomic E-state index is 13.3. The van der Waals surface area contributed by atoms with Crippen molar-refractivity contribution in [3.63, 3.8) is 0 Å². The average Bonchev–Trinajstić information content (AvgIpc) is 3.39. The number of carbonyl (C=O) groups excluding carboxylic acids is 1. The van der Waals surface area contributed by atoms with Gasteiger partial charge in [0.15, 0.2) is 0 Å². The van der Waals surface area contributed by atoms with Crippen LogP contribution >= 0.6 is 0 Å². The summed E-state index contributed by atoms with van der Waals surface area (Å²) >= 11 is 0. The Morgan fingerprint density at radius 2 is 1.79 bits per heavy atom. The van der Waals surface area contributed by atoms with Crippen molar-refractivity contribution in [3.05, 3.63) is 84.3 Å². The van der Waals surface area contributed by atoms with Crippen molar-refractivity contribution < 1.29 is 17.6 Å². The van der Waals surface area contributed by atoms with Crippen LogP contribution in [0.2, 0.25) is 0 Å². The lowest BCUT2D eigenvalue weighted by Crippen LogP contribution is -2.27. The first-order valence-electron chi connectivity index (χ1n) is 9.03. The lowest BCUT2D eigenvalue weighted by molar-refractivity contribution is -0.114. The van der Waals surface area contributed by atoms with Gasteiger partial charge in [-0.3, -0.25) is 4.79 Å².